The zero-order chi connectivity index (χ0) is 17.7. The van der Waals surface area contributed by atoms with E-state index >= 15 is 0 Å². The summed E-state index contributed by atoms with van der Waals surface area (Å²) in [5, 5.41) is 19.1. The summed E-state index contributed by atoms with van der Waals surface area (Å²) in [4.78, 5) is 17.7. The lowest BCUT2D eigenvalue weighted by atomic mass is 10.2. The molecule has 0 unspecified atom stereocenters. The lowest BCUT2D eigenvalue weighted by Crippen LogP contribution is -2.26. The van der Waals surface area contributed by atoms with Crippen molar-refractivity contribution in [3.63, 3.8) is 0 Å². The lowest BCUT2D eigenvalue weighted by molar-refractivity contribution is -0.137. The number of carboxylic acid groups (broad SMARTS) is 1. The molecule has 0 bridgehead atoms. The Morgan fingerprint density at radius 2 is 1.92 bits per heavy atom. The lowest BCUT2D eigenvalue weighted by Gasteiger charge is -2.25. The highest BCUT2D eigenvalue weighted by molar-refractivity contribution is 6.34. The zero-order valence-corrected chi connectivity index (χ0v) is 14.2. The monoisotopic (exact) mass is 364 g/mol. The summed E-state index contributed by atoms with van der Waals surface area (Å²) < 4.78 is 0. The maximum Gasteiger partial charge on any atom is 0.305 e. The number of benzene rings is 1. The molecule has 0 spiro atoms. The van der Waals surface area contributed by atoms with Crippen LogP contribution in [0.25, 0.3) is 4.85 Å². The third kappa shape index (κ3) is 4.32. The number of hydrogen-bond donors (Lipinski definition) is 1. The fourth-order valence-electron chi connectivity index (χ4n) is 2.60. The smallest absolute Gasteiger partial charge is 0.305 e. The Hall–Kier alpha value is -2.41. The summed E-state index contributed by atoms with van der Waals surface area (Å²) in [6, 6.07) is 7.07. The number of halogens is 2. The Morgan fingerprint density at radius 3 is 2.46 bits per heavy atom. The summed E-state index contributed by atoms with van der Waals surface area (Å²) in [5.74, 6) is -0.458. The van der Waals surface area contributed by atoms with E-state index in [1.54, 1.807) is 23.1 Å². The van der Waals surface area contributed by atoms with E-state index in [2.05, 4.69) is 4.85 Å². The van der Waals surface area contributed by atoms with Crippen molar-refractivity contribution in [3.05, 3.63) is 56.7 Å². The van der Waals surface area contributed by atoms with E-state index in [0.29, 0.717) is 35.5 Å². The van der Waals surface area contributed by atoms with Crippen molar-refractivity contribution in [1.29, 1.82) is 5.26 Å². The van der Waals surface area contributed by atoms with Crippen LogP contribution in [0.2, 0.25) is 10.0 Å². The highest BCUT2D eigenvalue weighted by atomic mass is 35.5. The molecular formula is C16H14Cl2N4O2. The van der Waals surface area contributed by atoms with Gasteiger partial charge in [0.25, 0.3) is 0 Å². The van der Waals surface area contributed by atoms with Crippen molar-refractivity contribution in [2.75, 3.05) is 19.6 Å². The van der Waals surface area contributed by atoms with Crippen LogP contribution in [-0.4, -0.2) is 40.5 Å². The molecule has 124 valence electrons. The second kappa shape index (κ2) is 7.92. The summed E-state index contributed by atoms with van der Waals surface area (Å²) in [6.07, 6.45) is -0.0585. The molecule has 1 aliphatic heterocycles. The summed E-state index contributed by atoms with van der Waals surface area (Å²) in [5.41, 5.74) is 0.804. The standard InChI is InChI=1S/C16H14Cl2N4O2/c1-20-14(9-19)16-21(3-2-15(23)24)4-5-22(16)10-11-6-12(17)8-13(18)7-11/h6-8H,2-5,10H2,(H,23,24). The van der Waals surface area contributed by atoms with Crippen molar-refractivity contribution in [2.24, 2.45) is 0 Å². The Labute approximate surface area is 149 Å². The molecule has 0 aliphatic carbocycles. The first kappa shape index (κ1) is 17.9. The number of allylic oxidation sites excluding steroid dienone is 1. The first-order valence-electron chi connectivity index (χ1n) is 7.13. The van der Waals surface area contributed by atoms with Gasteiger partial charge in [0, 0.05) is 36.2 Å². The summed E-state index contributed by atoms with van der Waals surface area (Å²) >= 11 is 12.0. The van der Waals surface area contributed by atoms with Crippen LogP contribution >= 0.6 is 23.2 Å². The van der Waals surface area contributed by atoms with Crippen LogP contribution in [0, 0.1) is 17.9 Å². The van der Waals surface area contributed by atoms with Crippen LogP contribution in [0.15, 0.2) is 29.7 Å². The van der Waals surface area contributed by atoms with Crippen LogP contribution in [0.4, 0.5) is 0 Å². The van der Waals surface area contributed by atoms with Crippen LogP contribution in [-0.2, 0) is 11.3 Å². The van der Waals surface area contributed by atoms with E-state index in [1.165, 1.54) is 0 Å². The van der Waals surface area contributed by atoms with Gasteiger partial charge in [-0.3, -0.25) is 4.79 Å². The van der Waals surface area contributed by atoms with Gasteiger partial charge in [-0.05, 0) is 23.8 Å². The van der Waals surface area contributed by atoms with E-state index in [0.717, 1.165) is 5.56 Å². The van der Waals surface area contributed by atoms with Gasteiger partial charge in [0.15, 0.2) is 0 Å². The molecule has 1 aromatic carbocycles. The predicted octanol–water partition coefficient (Wildman–Crippen LogP) is 3.20. The summed E-state index contributed by atoms with van der Waals surface area (Å²) in [7, 11) is 0. The number of nitriles is 1. The molecule has 1 fully saturated rings. The molecule has 24 heavy (non-hydrogen) atoms. The molecule has 0 radical (unpaired) electrons. The first-order valence-corrected chi connectivity index (χ1v) is 7.88. The minimum Gasteiger partial charge on any atom is -0.481 e. The first-order chi connectivity index (χ1) is 11.4. The molecule has 0 saturated carbocycles. The molecule has 6 nitrogen and oxygen atoms in total. The fourth-order valence-corrected chi connectivity index (χ4v) is 3.17. The van der Waals surface area contributed by atoms with Crippen molar-refractivity contribution < 1.29 is 9.90 Å². The fraction of sp³-hybridized carbons (Fsp3) is 0.312. The number of hydrogen-bond acceptors (Lipinski definition) is 4. The molecule has 1 aliphatic rings. The minimum absolute atomic E-state index is 0.0500. The Kier molecular flexibility index (Phi) is 5.92. The molecule has 0 atom stereocenters. The van der Waals surface area contributed by atoms with Gasteiger partial charge in [0.05, 0.1) is 19.1 Å². The van der Waals surface area contributed by atoms with Crippen LogP contribution < -0.4 is 0 Å². The van der Waals surface area contributed by atoms with Gasteiger partial charge >= 0.3 is 11.7 Å². The molecule has 8 heteroatoms. The van der Waals surface area contributed by atoms with Gasteiger partial charge in [-0.25, -0.2) is 10.1 Å². The topological polar surface area (TPSA) is 71.9 Å². The number of aliphatic carboxylic acids is 1. The maximum absolute atomic E-state index is 10.8. The van der Waals surface area contributed by atoms with Gasteiger partial charge in [-0.1, -0.05) is 23.2 Å². The van der Waals surface area contributed by atoms with E-state index in [1.807, 2.05) is 11.0 Å². The Bertz CT molecular complexity index is 728. The molecule has 1 heterocycles. The van der Waals surface area contributed by atoms with Crippen LogP contribution in [0.5, 0.6) is 0 Å². The maximum atomic E-state index is 10.8. The third-order valence-electron chi connectivity index (χ3n) is 3.56. The van der Waals surface area contributed by atoms with E-state index in [-0.39, 0.29) is 18.7 Å². The predicted molar refractivity (Wildman–Crippen MR) is 89.9 cm³/mol. The second-order valence-electron chi connectivity index (χ2n) is 5.23. The average molecular weight is 365 g/mol. The molecule has 1 saturated heterocycles. The average Bonchev–Trinajstić information content (AvgIpc) is 2.88. The zero-order valence-electron chi connectivity index (χ0n) is 12.7. The molecule has 0 aromatic heterocycles. The quantitative estimate of drug-likeness (QED) is 0.641. The highest BCUT2D eigenvalue weighted by Crippen LogP contribution is 2.27. The Morgan fingerprint density at radius 1 is 1.29 bits per heavy atom. The normalized spacial score (nSPS) is 15.8. The van der Waals surface area contributed by atoms with Gasteiger partial charge in [-0.2, -0.15) is 0 Å². The van der Waals surface area contributed by atoms with Gasteiger partial charge < -0.3 is 14.9 Å². The number of carboxylic acids is 1. The van der Waals surface area contributed by atoms with Crippen molar-refractivity contribution in [2.45, 2.75) is 13.0 Å². The van der Waals surface area contributed by atoms with Gasteiger partial charge in [-0.15, -0.1) is 0 Å². The molecular weight excluding hydrogens is 351 g/mol. The van der Waals surface area contributed by atoms with Crippen molar-refractivity contribution >= 4 is 29.2 Å². The number of rotatable bonds is 5. The second-order valence-corrected chi connectivity index (χ2v) is 6.10. The van der Waals surface area contributed by atoms with Crippen molar-refractivity contribution in [1.82, 2.24) is 9.80 Å². The van der Waals surface area contributed by atoms with Crippen LogP contribution in [0.3, 0.4) is 0 Å². The largest absolute Gasteiger partial charge is 0.481 e. The molecule has 1 aromatic rings. The van der Waals surface area contributed by atoms with Crippen LogP contribution in [0.1, 0.15) is 12.0 Å². The molecule has 2 rings (SSSR count). The number of carbonyl (C=O) groups is 1. The Balaban J connectivity index is 2.28. The van der Waals surface area contributed by atoms with Gasteiger partial charge in [0.1, 0.15) is 5.82 Å². The molecule has 1 N–H and O–H groups in total. The number of nitrogens with zero attached hydrogens (tertiary/aromatic N) is 4. The summed E-state index contributed by atoms with van der Waals surface area (Å²) in [6.45, 7) is 9.02. The minimum atomic E-state index is -0.921. The van der Waals surface area contributed by atoms with Gasteiger partial charge in [0.2, 0.25) is 0 Å². The molecule has 0 amide bonds. The van der Waals surface area contributed by atoms with E-state index < -0.39 is 5.97 Å². The third-order valence-corrected chi connectivity index (χ3v) is 4.00. The SMILES string of the molecule is [C-]#[N+]C(C#N)=C1N(CCC(=O)O)CCN1Cc1cc(Cl)cc(Cl)c1. The highest BCUT2D eigenvalue weighted by Gasteiger charge is 2.28. The van der Waals surface area contributed by atoms with E-state index in [4.69, 9.17) is 34.9 Å². The van der Waals surface area contributed by atoms with E-state index in [9.17, 15) is 10.1 Å². The van der Waals surface area contributed by atoms with Crippen molar-refractivity contribution in [3.8, 4) is 6.07 Å².